The maximum atomic E-state index is 12.7. The fourth-order valence-electron chi connectivity index (χ4n) is 2.89. The van der Waals surface area contributed by atoms with Gasteiger partial charge in [0.05, 0.1) is 0 Å². The molecule has 1 N–H and O–H groups in total. The van der Waals surface area contributed by atoms with E-state index in [-0.39, 0.29) is 29.8 Å². The first kappa shape index (κ1) is 15.7. The van der Waals surface area contributed by atoms with Gasteiger partial charge in [-0.1, -0.05) is 26.7 Å². The maximum absolute atomic E-state index is 12.7. The lowest BCUT2D eigenvalue weighted by Crippen LogP contribution is -2.65. The smallest absolute Gasteiger partial charge is 0.246 e. The number of hydrogen-bond donors (Lipinski definition) is 1. The number of nitrogens with one attached hydrogen (secondary N) is 1. The van der Waals surface area contributed by atoms with E-state index in [1.54, 1.807) is 0 Å². The molecule has 0 spiro atoms. The topological polar surface area (TPSA) is 49.4 Å². The van der Waals surface area contributed by atoms with Crippen LogP contribution >= 0.6 is 11.8 Å². The van der Waals surface area contributed by atoms with Crippen LogP contribution in [0.15, 0.2) is 0 Å². The quantitative estimate of drug-likeness (QED) is 0.864. The zero-order valence-electron chi connectivity index (χ0n) is 12.7. The van der Waals surface area contributed by atoms with Gasteiger partial charge < -0.3 is 10.2 Å². The Balaban J connectivity index is 2.07. The standard InChI is InChI=1S/C15H26N2O2S/c1-4-10(2)13-15(19)17(11(3)14(18)16-13)9-12-7-5-6-8-20-12/h10-13H,4-9H2,1-3H3,(H,16,18). The highest BCUT2D eigenvalue weighted by Crippen LogP contribution is 2.27. The Bertz CT molecular complexity index is 369. The first-order valence-electron chi connectivity index (χ1n) is 7.77. The average Bonchev–Trinajstić information content (AvgIpc) is 2.47. The number of carbonyl (C=O) groups excluding carboxylic acids is 2. The van der Waals surface area contributed by atoms with E-state index >= 15 is 0 Å². The van der Waals surface area contributed by atoms with E-state index in [1.165, 1.54) is 18.6 Å². The SMILES string of the molecule is CCC(C)C1NC(=O)C(C)N(CC2CCCCS2)C1=O. The van der Waals surface area contributed by atoms with Crippen molar-refractivity contribution < 1.29 is 9.59 Å². The molecule has 0 aliphatic carbocycles. The molecule has 0 aromatic carbocycles. The third-order valence-corrected chi connectivity index (χ3v) is 5.96. The molecule has 5 heteroatoms. The van der Waals surface area contributed by atoms with Crippen molar-refractivity contribution in [1.82, 2.24) is 10.2 Å². The molecular formula is C15H26N2O2S. The van der Waals surface area contributed by atoms with Crippen LogP contribution in [0.4, 0.5) is 0 Å². The van der Waals surface area contributed by atoms with Crippen LogP contribution in [0.25, 0.3) is 0 Å². The van der Waals surface area contributed by atoms with E-state index in [0.717, 1.165) is 19.4 Å². The van der Waals surface area contributed by atoms with Crippen LogP contribution in [0.5, 0.6) is 0 Å². The molecule has 2 heterocycles. The molecule has 4 unspecified atom stereocenters. The van der Waals surface area contributed by atoms with E-state index in [9.17, 15) is 9.59 Å². The minimum absolute atomic E-state index is 0.00397. The summed E-state index contributed by atoms with van der Waals surface area (Å²) in [4.78, 5) is 26.6. The Morgan fingerprint density at radius 2 is 2.15 bits per heavy atom. The first-order chi connectivity index (χ1) is 9.54. The summed E-state index contributed by atoms with van der Waals surface area (Å²) in [7, 11) is 0. The van der Waals surface area contributed by atoms with Crippen molar-refractivity contribution in [1.29, 1.82) is 0 Å². The van der Waals surface area contributed by atoms with Gasteiger partial charge in [-0.05, 0) is 31.4 Å². The summed E-state index contributed by atoms with van der Waals surface area (Å²) in [5.74, 6) is 1.48. The van der Waals surface area contributed by atoms with Crippen molar-refractivity contribution in [3.05, 3.63) is 0 Å². The van der Waals surface area contributed by atoms with E-state index in [1.807, 2.05) is 30.5 Å². The predicted molar refractivity (Wildman–Crippen MR) is 82.7 cm³/mol. The highest BCUT2D eigenvalue weighted by Gasteiger charge is 2.40. The second-order valence-electron chi connectivity index (χ2n) is 6.03. The lowest BCUT2D eigenvalue weighted by atomic mass is 9.94. The van der Waals surface area contributed by atoms with E-state index in [2.05, 4.69) is 12.2 Å². The fraction of sp³-hybridized carbons (Fsp3) is 0.867. The van der Waals surface area contributed by atoms with Crippen LogP contribution in [-0.4, -0.2) is 46.3 Å². The first-order valence-corrected chi connectivity index (χ1v) is 8.82. The maximum Gasteiger partial charge on any atom is 0.246 e. The fourth-order valence-corrected chi connectivity index (χ4v) is 4.19. The highest BCUT2D eigenvalue weighted by molar-refractivity contribution is 7.99. The monoisotopic (exact) mass is 298 g/mol. The molecule has 2 fully saturated rings. The van der Waals surface area contributed by atoms with Gasteiger partial charge in [-0.25, -0.2) is 0 Å². The number of piperazine rings is 1. The second kappa shape index (κ2) is 6.83. The molecule has 4 atom stereocenters. The van der Waals surface area contributed by atoms with Crippen molar-refractivity contribution in [2.24, 2.45) is 5.92 Å². The molecule has 2 saturated heterocycles. The summed E-state index contributed by atoms with van der Waals surface area (Å²) >= 11 is 1.95. The molecular weight excluding hydrogens is 272 g/mol. The molecule has 4 nitrogen and oxygen atoms in total. The lowest BCUT2D eigenvalue weighted by Gasteiger charge is -2.41. The second-order valence-corrected chi connectivity index (χ2v) is 7.44. The van der Waals surface area contributed by atoms with Crippen molar-refractivity contribution in [2.45, 2.75) is 63.8 Å². The molecule has 114 valence electrons. The number of amides is 2. The van der Waals surface area contributed by atoms with Gasteiger partial charge >= 0.3 is 0 Å². The molecule has 0 radical (unpaired) electrons. The summed E-state index contributed by atoms with van der Waals surface area (Å²) in [5.41, 5.74) is 0. The number of nitrogens with zero attached hydrogens (tertiary/aromatic N) is 1. The van der Waals surface area contributed by atoms with E-state index < -0.39 is 0 Å². The van der Waals surface area contributed by atoms with Gasteiger partial charge in [0.15, 0.2) is 0 Å². The van der Waals surface area contributed by atoms with Gasteiger partial charge in [0.1, 0.15) is 12.1 Å². The highest BCUT2D eigenvalue weighted by atomic mass is 32.2. The third kappa shape index (κ3) is 3.30. The summed E-state index contributed by atoms with van der Waals surface area (Å²) in [5, 5.41) is 3.40. The zero-order valence-corrected chi connectivity index (χ0v) is 13.5. The number of hydrogen-bond acceptors (Lipinski definition) is 3. The Morgan fingerprint density at radius 3 is 2.75 bits per heavy atom. The molecule has 2 amide bonds. The summed E-state index contributed by atoms with van der Waals surface area (Å²) < 4.78 is 0. The third-order valence-electron chi connectivity index (χ3n) is 4.58. The summed E-state index contributed by atoms with van der Waals surface area (Å²) in [6.45, 7) is 6.66. The largest absolute Gasteiger partial charge is 0.342 e. The lowest BCUT2D eigenvalue weighted by molar-refractivity contribution is -0.150. The summed E-state index contributed by atoms with van der Waals surface area (Å²) in [6.07, 6.45) is 4.59. The molecule has 2 rings (SSSR count). The molecule has 20 heavy (non-hydrogen) atoms. The van der Waals surface area contributed by atoms with Crippen molar-refractivity contribution >= 4 is 23.6 Å². The summed E-state index contributed by atoms with van der Waals surface area (Å²) in [6, 6.07) is -0.664. The average molecular weight is 298 g/mol. The predicted octanol–water partition coefficient (Wildman–Crippen LogP) is 2.03. The Morgan fingerprint density at radius 1 is 1.40 bits per heavy atom. The molecule has 2 aliphatic rings. The van der Waals surface area contributed by atoms with Gasteiger partial charge in [-0.2, -0.15) is 11.8 Å². The Hall–Kier alpha value is -0.710. The minimum atomic E-state index is -0.336. The minimum Gasteiger partial charge on any atom is -0.342 e. The Labute approximate surface area is 126 Å². The zero-order chi connectivity index (χ0) is 14.7. The van der Waals surface area contributed by atoms with Gasteiger partial charge in [0.25, 0.3) is 0 Å². The van der Waals surface area contributed by atoms with Crippen LogP contribution in [0, 0.1) is 5.92 Å². The molecule has 0 saturated carbocycles. The molecule has 0 aromatic rings. The number of thioether (sulfide) groups is 1. The van der Waals surface area contributed by atoms with Gasteiger partial charge in [0.2, 0.25) is 11.8 Å². The van der Waals surface area contributed by atoms with Crippen molar-refractivity contribution in [3.8, 4) is 0 Å². The van der Waals surface area contributed by atoms with E-state index in [0.29, 0.717) is 5.25 Å². The molecule has 0 aromatic heterocycles. The van der Waals surface area contributed by atoms with Gasteiger partial charge in [-0.3, -0.25) is 9.59 Å². The normalized spacial score (nSPS) is 33.0. The van der Waals surface area contributed by atoms with Crippen molar-refractivity contribution in [2.75, 3.05) is 12.3 Å². The van der Waals surface area contributed by atoms with Gasteiger partial charge in [-0.15, -0.1) is 0 Å². The molecule has 2 aliphatic heterocycles. The van der Waals surface area contributed by atoms with Crippen LogP contribution in [0.2, 0.25) is 0 Å². The van der Waals surface area contributed by atoms with Crippen LogP contribution in [0.3, 0.4) is 0 Å². The van der Waals surface area contributed by atoms with Crippen LogP contribution in [-0.2, 0) is 9.59 Å². The number of rotatable bonds is 4. The Kier molecular flexibility index (Phi) is 5.35. The molecule has 0 bridgehead atoms. The van der Waals surface area contributed by atoms with E-state index in [4.69, 9.17) is 0 Å². The van der Waals surface area contributed by atoms with Crippen LogP contribution < -0.4 is 5.32 Å². The van der Waals surface area contributed by atoms with Crippen molar-refractivity contribution in [3.63, 3.8) is 0 Å². The van der Waals surface area contributed by atoms with Crippen LogP contribution in [0.1, 0.15) is 46.5 Å². The number of carbonyl (C=O) groups is 2. The van der Waals surface area contributed by atoms with Gasteiger partial charge in [0, 0.05) is 11.8 Å².